The Morgan fingerprint density at radius 1 is 1.11 bits per heavy atom. The molecule has 1 amide bonds. The molecule has 1 fully saturated rings. The minimum Gasteiger partial charge on any atom is -0.392 e. The maximum atomic E-state index is 14.4. The number of ether oxygens (including phenoxy) is 2. The second kappa shape index (κ2) is 11.0. The molecule has 2 aromatic carbocycles. The van der Waals surface area contributed by atoms with Crippen LogP contribution in [0.4, 0.5) is 18.0 Å². The van der Waals surface area contributed by atoms with E-state index in [1.54, 1.807) is 61.6 Å². The van der Waals surface area contributed by atoms with Crippen LogP contribution in [0.1, 0.15) is 29.7 Å². The van der Waals surface area contributed by atoms with Crippen molar-refractivity contribution >= 4 is 17.7 Å². The first-order chi connectivity index (χ1) is 17.1. The van der Waals surface area contributed by atoms with Crippen molar-refractivity contribution in [2.24, 2.45) is 5.92 Å². The van der Waals surface area contributed by atoms with Gasteiger partial charge in [0.2, 0.25) is 5.88 Å². The van der Waals surface area contributed by atoms with Crippen molar-refractivity contribution < 1.29 is 27.4 Å². The zero-order valence-corrected chi connectivity index (χ0v) is 20.9. The Bertz CT molecular complexity index is 1190. The van der Waals surface area contributed by atoms with Gasteiger partial charge < -0.3 is 18.9 Å². The molecular formula is C27H28ClF3N2O3. The lowest BCUT2D eigenvalue weighted by Crippen LogP contribution is -2.36. The number of hydrogen-bond acceptors (Lipinski definition) is 3. The molecule has 0 spiro atoms. The van der Waals surface area contributed by atoms with E-state index in [-0.39, 0.29) is 29.5 Å². The average molecular weight is 521 g/mol. The minimum absolute atomic E-state index is 0.0179. The number of halogens is 4. The maximum Gasteiger partial charge on any atom is 0.431 e. The molecule has 192 valence electrons. The molecule has 0 bridgehead atoms. The lowest BCUT2D eigenvalue weighted by Gasteiger charge is -2.27. The predicted molar refractivity (Wildman–Crippen MR) is 132 cm³/mol. The van der Waals surface area contributed by atoms with Crippen LogP contribution in [0, 0.1) is 12.8 Å². The second-order valence-electron chi connectivity index (χ2n) is 9.03. The van der Waals surface area contributed by atoms with Crippen molar-refractivity contribution in [2.75, 3.05) is 26.8 Å². The molecule has 0 N–H and O–H groups in total. The van der Waals surface area contributed by atoms with Gasteiger partial charge in [0, 0.05) is 37.4 Å². The molecule has 36 heavy (non-hydrogen) atoms. The Labute approximate surface area is 213 Å². The van der Waals surface area contributed by atoms with E-state index in [9.17, 15) is 18.0 Å². The van der Waals surface area contributed by atoms with Crippen LogP contribution in [-0.2, 0) is 17.5 Å². The zero-order chi connectivity index (χ0) is 25.9. The van der Waals surface area contributed by atoms with E-state index in [4.69, 9.17) is 21.1 Å². The largest absolute Gasteiger partial charge is 0.431 e. The number of amides is 1. The molecule has 1 aliphatic heterocycles. The molecule has 5 nitrogen and oxygen atoms in total. The molecular weight excluding hydrogens is 493 g/mol. The van der Waals surface area contributed by atoms with Gasteiger partial charge in [-0.1, -0.05) is 54.1 Å². The number of carbonyl (C=O) groups excluding carboxylic acids is 1. The lowest BCUT2D eigenvalue weighted by atomic mass is 10.0. The summed E-state index contributed by atoms with van der Waals surface area (Å²) in [6, 6.07) is 15.2. The van der Waals surface area contributed by atoms with Crippen LogP contribution >= 0.6 is 11.6 Å². The third-order valence-corrected chi connectivity index (χ3v) is 6.66. The highest BCUT2D eigenvalue weighted by molar-refractivity contribution is 6.30. The van der Waals surface area contributed by atoms with Gasteiger partial charge in [-0.2, -0.15) is 13.2 Å². The SMILES string of the molecule is Cc1c(-c2ccc(Cl)cc2)c(OC(=O)N(C)CC2CCOCC2)n(Cc2ccccc2)c1C(F)(F)F. The first-order valence-electron chi connectivity index (χ1n) is 11.8. The lowest BCUT2D eigenvalue weighted by molar-refractivity contribution is -0.144. The zero-order valence-electron chi connectivity index (χ0n) is 20.1. The van der Waals surface area contributed by atoms with Crippen LogP contribution in [0.25, 0.3) is 11.1 Å². The van der Waals surface area contributed by atoms with E-state index < -0.39 is 18.0 Å². The maximum absolute atomic E-state index is 14.4. The van der Waals surface area contributed by atoms with Gasteiger partial charge in [0.15, 0.2) is 0 Å². The van der Waals surface area contributed by atoms with Crippen LogP contribution in [0.15, 0.2) is 54.6 Å². The number of aromatic nitrogens is 1. The van der Waals surface area contributed by atoms with Gasteiger partial charge in [0.1, 0.15) is 5.69 Å². The second-order valence-corrected chi connectivity index (χ2v) is 9.47. The van der Waals surface area contributed by atoms with E-state index >= 15 is 0 Å². The van der Waals surface area contributed by atoms with Crippen LogP contribution in [0.5, 0.6) is 5.88 Å². The van der Waals surface area contributed by atoms with E-state index in [1.165, 1.54) is 11.8 Å². The Morgan fingerprint density at radius 2 is 1.75 bits per heavy atom. The smallest absolute Gasteiger partial charge is 0.392 e. The number of alkyl halides is 3. The van der Waals surface area contributed by atoms with E-state index in [0.717, 1.165) is 17.4 Å². The van der Waals surface area contributed by atoms with Crippen molar-refractivity contribution in [1.82, 2.24) is 9.47 Å². The summed E-state index contributed by atoms with van der Waals surface area (Å²) >= 11 is 6.03. The quantitative estimate of drug-likeness (QED) is 0.350. The average Bonchev–Trinajstić information content (AvgIpc) is 3.11. The molecule has 0 aliphatic carbocycles. The minimum atomic E-state index is -4.67. The fourth-order valence-electron chi connectivity index (χ4n) is 4.61. The fourth-order valence-corrected chi connectivity index (χ4v) is 4.74. The molecule has 1 aromatic heterocycles. The van der Waals surface area contributed by atoms with Gasteiger partial charge in [-0.05, 0) is 54.5 Å². The molecule has 1 aliphatic rings. The highest BCUT2D eigenvalue weighted by Crippen LogP contribution is 2.45. The van der Waals surface area contributed by atoms with Crippen LogP contribution < -0.4 is 4.74 Å². The van der Waals surface area contributed by atoms with Crippen molar-refractivity contribution in [2.45, 2.75) is 32.5 Å². The van der Waals surface area contributed by atoms with Crippen molar-refractivity contribution in [3.63, 3.8) is 0 Å². The molecule has 1 saturated heterocycles. The van der Waals surface area contributed by atoms with Crippen LogP contribution in [-0.4, -0.2) is 42.4 Å². The standard InChI is InChI=1S/C27H28ClF3N2O3/c1-18-23(21-8-10-22(28)11-9-21)25(36-26(34)32(2)16-20-12-14-35-15-13-20)33(24(18)27(29,30)31)17-19-6-4-3-5-7-19/h3-11,20H,12-17H2,1-2H3. The molecule has 3 aromatic rings. The first-order valence-corrected chi connectivity index (χ1v) is 12.1. The summed E-state index contributed by atoms with van der Waals surface area (Å²) in [5, 5.41) is 0.450. The van der Waals surface area contributed by atoms with E-state index in [1.807, 2.05) is 0 Å². The van der Waals surface area contributed by atoms with E-state index in [2.05, 4.69) is 0 Å². The molecule has 0 radical (unpaired) electrons. The van der Waals surface area contributed by atoms with Crippen molar-refractivity contribution in [1.29, 1.82) is 0 Å². The molecule has 0 unspecified atom stereocenters. The molecule has 0 atom stereocenters. The summed E-state index contributed by atoms with van der Waals surface area (Å²) in [6.07, 6.45) is -3.75. The normalized spacial score (nSPS) is 14.6. The summed E-state index contributed by atoms with van der Waals surface area (Å²) in [6.45, 7) is 2.97. The van der Waals surface area contributed by atoms with Gasteiger partial charge in [-0.25, -0.2) is 4.79 Å². The molecule has 0 saturated carbocycles. The molecule has 2 heterocycles. The Balaban J connectivity index is 1.79. The number of carbonyl (C=O) groups is 1. The Morgan fingerprint density at radius 3 is 2.36 bits per heavy atom. The Hall–Kier alpha value is -2.97. The summed E-state index contributed by atoms with van der Waals surface area (Å²) in [4.78, 5) is 14.6. The predicted octanol–water partition coefficient (Wildman–Crippen LogP) is 7.04. The Kier molecular flexibility index (Phi) is 7.95. The highest BCUT2D eigenvalue weighted by atomic mass is 35.5. The third kappa shape index (κ3) is 5.87. The van der Waals surface area contributed by atoms with E-state index in [0.29, 0.717) is 35.9 Å². The van der Waals surface area contributed by atoms with Gasteiger partial charge in [-0.15, -0.1) is 0 Å². The van der Waals surface area contributed by atoms with Gasteiger partial charge in [0.25, 0.3) is 0 Å². The summed E-state index contributed by atoms with van der Waals surface area (Å²) in [5.74, 6) is 0.102. The monoisotopic (exact) mass is 520 g/mol. The van der Waals surface area contributed by atoms with Crippen molar-refractivity contribution in [3.05, 3.63) is 76.4 Å². The topological polar surface area (TPSA) is 43.7 Å². The number of benzene rings is 2. The van der Waals surface area contributed by atoms with Crippen molar-refractivity contribution in [3.8, 4) is 17.0 Å². The highest BCUT2D eigenvalue weighted by Gasteiger charge is 2.41. The van der Waals surface area contributed by atoms with Gasteiger partial charge >= 0.3 is 12.3 Å². The number of hydrogen-bond donors (Lipinski definition) is 0. The van der Waals surface area contributed by atoms with Crippen LogP contribution in [0.3, 0.4) is 0 Å². The van der Waals surface area contributed by atoms with Gasteiger partial charge in [0.05, 0.1) is 6.54 Å². The third-order valence-electron chi connectivity index (χ3n) is 6.41. The summed E-state index contributed by atoms with van der Waals surface area (Å²) < 4.78 is 55.4. The number of nitrogens with zero attached hydrogens (tertiary/aromatic N) is 2. The van der Waals surface area contributed by atoms with Gasteiger partial charge in [-0.3, -0.25) is 0 Å². The van der Waals surface area contributed by atoms with Crippen LogP contribution in [0.2, 0.25) is 5.02 Å². The summed E-state index contributed by atoms with van der Waals surface area (Å²) in [7, 11) is 1.60. The fraction of sp³-hybridized carbons (Fsp3) is 0.370. The first kappa shape index (κ1) is 26.1. The molecule has 4 rings (SSSR count). The molecule has 9 heteroatoms. The summed E-state index contributed by atoms with van der Waals surface area (Å²) in [5.41, 5.74) is 0.460. The number of rotatable bonds is 6.